The molecule has 0 spiro atoms. The van der Waals surface area contributed by atoms with Crippen LogP contribution in [0.3, 0.4) is 0 Å². The molecule has 0 N–H and O–H groups in total. The second-order valence-electron chi connectivity index (χ2n) is 9.36. The highest BCUT2D eigenvalue weighted by Gasteiger charge is 2.34. The number of thiophene rings is 1. The lowest BCUT2D eigenvalue weighted by Crippen LogP contribution is -2.45. The molecule has 2 fully saturated rings. The predicted octanol–water partition coefficient (Wildman–Crippen LogP) is 1.99. The number of carbonyl (C=O) groups is 2. The van der Waals surface area contributed by atoms with Crippen LogP contribution in [0.4, 0.5) is 0 Å². The van der Waals surface area contributed by atoms with Gasteiger partial charge in [0.25, 0.3) is 5.56 Å². The maximum atomic E-state index is 13.5. The molecule has 0 aliphatic carbocycles. The standard InChI is InChI=1S/C23H32N4O6S2/c1-4-33-23(30)17-6-5-9-25(12-17)18(28)13-26-14-24-21-19(22(26)29)20(16(3)34-21)35(31,32)27-10-7-15(2)8-11-27/h14-15,17H,4-13H2,1-3H3/t17-/m0/s1. The minimum Gasteiger partial charge on any atom is -0.466 e. The highest BCUT2D eigenvalue weighted by molar-refractivity contribution is 7.89. The van der Waals surface area contributed by atoms with E-state index in [0.717, 1.165) is 12.8 Å². The number of nitrogens with zero attached hydrogens (tertiary/aromatic N) is 4. The molecule has 4 rings (SSSR count). The topological polar surface area (TPSA) is 119 Å². The van der Waals surface area contributed by atoms with Crippen molar-refractivity contribution in [1.29, 1.82) is 0 Å². The molecule has 0 aromatic carbocycles. The molecule has 1 atom stereocenters. The summed E-state index contributed by atoms with van der Waals surface area (Å²) in [5, 5.41) is 0.0458. The van der Waals surface area contributed by atoms with Crippen LogP contribution in [0.25, 0.3) is 10.2 Å². The fourth-order valence-electron chi connectivity index (χ4n) is 4.79. The first-order chi connectivity index (χ1) is 16.6. The lowest BCUT2D eigenvalue weighted by Gasteiger charge is -2.31. The van der Waals surface area contributed by atoms with E-state index in [1.54, 1.807) is 18.7 Å². The summed E-state index contributed by atoms with van der Waals surface area (Å²) < 4.78 is 34.7. The van der Waals surface area contributed by atoms with Gasteiger partial charge < -0.3 is 9.64 Å². The molecule has 2 aromatic heterocycles. The van der Waals surface area contributed by atoms with Gasteiger partial charge in [-0.15, -0.1) is 11.3 Å². The number of likely N-dealkylation sites (tertiary alicyclic amines) is 1. The summed E-state index contributed by atoms with van der Waals surface area (Å²) in [5.74, 6) is -0.553. The summed E-state index contributed by atoms with van der Waals surface area (Å²) in [6.07, 6.45) is 4.17. The number of piperidine rings is 2. The molecule has 0 unspecified atom stereocenters. The molecule has 2 aliphatic rings. The number of rotatable bonds is 6. The molecule has 1 amide bonds. The van der Waals surface area contributed by atoms with Crippen LogP contribution in [0.15, 0.2) is 16.0 Å². The van der Waals surface area contributed by atoms with E-state index in [9.17, 15) is 22.8 Å². The molecule has 0 saturated carbocycles. The van der Waals surface area contributed by atoms with E-state index >= 15 is 0 Å². The zero-order chi connectivity index (χ0) is 25.3. The third-order valence-electron chi connectivity index (χ3n) is 6.84. The maximum Gasteiger partial charge on any atom is 0.310 e. The highest BCUT2D eigenvalue weighted by atomic mass is 32.2. The van der Waals surface area contributed by atoms with Crippen molar-refractivity contribution in [3.8, 4) is 0 Å². The minimum atomic E-state index is -3.87. The van der Waals surface area contributed by atoms with Crippen molar-refractivity contribution in [2.75, 3.05) is 32.8 Å². The van der Waals surface area contributed by atoms with Crippen molar-refractivity contribution in [2.24, 2.45) is 11.8 Å². The fraction of sp³-hybridized carbons (Fsp3) is 0.652. The Morgan fingerprint density at radius 3 is 2.60 bits per heavy atom. The number of aromatic nitrogens is 2. The zero-order valence-electron chi connectivity index (χ0n) is 20.4. The molecule has 10 nitrogen and oxygen atoms in total. The number of carbonyl (C=O) groups excluding carboxylic acids is 2. The van der Waals surface area contributed by atoms with E-state index in [4.69, 9.17) is 4.74 Å². The second-order valence-corrected chi connectivity index (χ2v) is 12.4. The fourth-order valence-corrected chi connectivity index (χ4v) is 7.93. The van der Waals surface area contributed by atoms with Crippen molar-refractivity contribution in [3.05, 3.63) is 21.6 Å². The predicted molar refractivity (Wildman–Crippen MR) is 132 cm³/mol. The van der Waals surface area contributed by atoms with Crippen LogP contribution in [-0.4, -0.2) is 71.8 Å². The Bertz CT molecular complexity index is 1280. The number of ether oxygens (including phenoxy) is 1. The number of fused-ring (bicyclic) bond motifs is 1. The Balaban J connectivity index is 1.61. The maximum absolute atomic E-state index is 13.5. The summed E-state index contributed by atoms with van der Waals surface area (Å²) in [6, 6.07) is 0. The molecule has 12 heteroatoms. The molecule has 2 aliphatic heterocycles. The van der Waals surface area contributed by atoms with Gasteiger partial charge in [-0.3, -0.25) is 19.0 Å². The highest BCUT2D eigenvalue weighted by Crippen LogP contribution is 2.34. The Hall–Kier alpha value is -2.31. The van der Waals surface area contributed by atoms with E-state index in [2.05, 4.69) is 11.9 Å². The van der Waals surface area contributed by atoms with Crippen molar-refractivity contribution < 1.29 is 22.7 Å². The molecule has 35 heavy (non-hydrogen) atoms. The van der Waals surface area contributed by atoms with E-state index in [-0.39, 0.29) is 47.8 Å². The SMILES string of the molecule is CCOC(=O)[C@H]1CCCN(C(=O)Cn2cnc3sc(C)c(S(=O)(=O)N4CCC(C)CC4)c3c2=O)C1. The second kappa shape index (κ2) is 10.4. The number of hydrogen-bond acceptors (Lipinski definition) is 8. The van der Waals surface area contributed by atoms with Crippen LogP contribution in [0, 0.1) is 18.8 Å². The van der Waals surface area contributed by atoms with Gasteiger partial charge in [-0.1, -0.05) is 6.92 Å². The van der Waals surface area contributed by atoms with Crippen LogP contribution in [-0.2, 0) is 30.9 Å². The van der Waals surface area contributed by atoms with E-state index in [1.807, 2.05) is 0 Å². The van der Waals surface area contributed by atoms with Crippen LogP contribution in [0.2, 0.25) is 0 Å². The zero-order valence-corrected chi connectivity index (χ0v) is 22.0. The molecular weight excluding hydrogens is 492 g/mol. The molecule has 2 aromatic rings. The molecular formula is C23H32N4O6S2. The number of aryl methyl sites for hydroxylation is 1. The minimum absolute atomic E-state index is 0.00620. The van der Waals surface area contributed by atoms with Crippen LogP contribution >= 0.6 is 11.3 Å². The molecule has 2 saturated heterocycles. The molecule has 0 bridgehead atoms. The van der Waals surface area contributed by atoms with Gasteiger partial charge in [0.2, 0.25) is 15.9 Å². The Morgan fingerprint density at radius 1 is 1.20 bits per heavy atom. The quantitative estimate of drug-likeness (QED) is 0.530. The molecule has 0 radical (unpaired) electrons. The summed E-state index contributed by atoms with van der Waals surface area (Å²) in [5.41, 5.74) is -0.546. The number of amides is 1. The monoisotopic (exact) mass is 524 g/mol. The third-order valence-corrected chi connectivity index (χ3v) is 10.1. The number of esters is 1. The average Bonchev–Trinajstić information content (AvgIpc) is 3.19. The van der Waals surface area contributed by atoms with Crippen molar-refractivity contribution in [3.63, 3.8) is 0 Å². The Labute approximate surface area is 208 Å². The van der Waals surface area contributed by atoms with E-state index < -0.39 is 15.6 Å². The van der Waals surface area contributed by atoms with Gasteiger partial charge in [0, 0.05) is 31.1 Å². The van der Waals surface area contributed by atoms with Crippen molar-refractivity contribution in [1.82, 2.24) is 18.8 Å². The summed E-state index contributed by atoms with van der Waals surface area (Å²) in [7, 11) is -3.87. The van der Waals surface area contributed by atoms with Gasteiger partial charge in [0.1, 0.15) is 16.3 Å². The smallest absolute Gasteiger partial charge is 0.310 e. The van der Waals surface area contributed by atoms with Gasteiger partial charge in [-0.25, -0.2) is 13.4 Å². The van der Waals surface area contributed by atoms with Gasteiger partial charge in [-0.2, -0.15) is 4.31 Å². The van der Waals surface area contributed by atoms with Gasteiger partial charge in [-0.05, 0) is 45.4 Å². The Kier molecular flexibility index (Phi) is 7.62. The average molecular weight is 525 g/mol. The summed E-state index contributed by atoms with van der Waals surface area (Å²) in [6.45, 7) is 7.12. The van der Waals surface area contributed by atoms with Gasteiger partial charge >= 0.3 is 5.97 Å². The van der Waals surface area contributed by atoms with Crippen molar-refractivity contribution >= 4 is 43.5 Å². The van der Waals surface area contributed by atoms with E-state index in [0.29, 0.717) is 48.1 Å². The normalized spacial score (nSPS) is 20.3. The van der Waals surface area contributed by atoms with E-state index in [1.165, 1.54) is 26.5 Å². The number of sulfonamides is 1. The Morgan fingerprint density at radius 2 is 1.91 bits per heavy atom. The first-order valence-electron chi connectivity index (χ1n) is 12.1. The lowest BCUT2D eigenvalue weighted by molar-refractivity contribution is -0.151. The van der Waals surface area contributed by atoms with Crippen molar-refractivity contribution in [2.45, 2.75) is 57.9 Å². The summed E-state index contributed by atoms with van der Waals surface area (Å²) >= 11 is 1.17. The van der Waals surface area contributed by atoms with Crippen LogP contribution in [0.1, 0.15) is 44.4 Å². The lowest BCUT2D eigenvalue weighted by atomic mass is 9.98. The van der Waals surface area contributed by atoms with Crippen LogP contribution < -0.4 is 5.56 Å². The van der Waals surface area contributed by atoms with Gasteiger partial charge in [0.15, 0.2) is 0 Å². The molecule has 4 heterocycles. The number of hydrogen-bond donors (Lipinski definition) is 0. The summed E-state index contributed by atoms with van der Waals surface area (Å²) in [4.78, 5) is 45.3. The third kappa shape index (κ3) is 5.14. The van der Waals surface area contributed by atoms with Gasteiger partial charge in [0.05, 0.1) is 24.2 Å². The molecule has 192 valence electrons. The first-order valence-corrected chi connectivity index (χ1v) is 14.3. The first kappa shape index (κ1) is 25.8. The largest absolute Gasteiger partial charge is 0.466 e. The van der Waals surface area contributed by atoms with Crippen LogP contribution in [0.5, 0.6) is 0 Å².